The average Bonchev–Trinajstić information content (AvgIpc) is 2.43. The van der Waals surface area contributed by atoms with Gasteiger partial charge in [0, 0.05) is 22.3 Å². The Kier molecular flexibility index (Phi) is 3.97. The van der Waals surface area contributed by atoms with E-state index in [4.69, 9.17) is 23.2 Å². The maximum Gasteiger partial charge on any atom is 0.382 e. The van der Waals surface area contributed by atoms with Crippen LogP contribution in [0.2, 0.25) is 0 Å². The summed E-state index contributed by atoms with van der Waals surface area (Å²) in [6.07, 6.45) is 0. The SMILES string of the molecule is O=C(Cl)c1ccc(C(=O)Cl)c2c1C(F)(F)C(F)(F)C(F)(F)C2(F)F. The molecule has 2 rings (SSSR count). The first-order chi connectivity index (χ1) is 10.6. The number of alkyl halides is 8. The molecule has 0 saturated heterocycles. The van der Waals surface area contributed by atoms with E-state index in [1.54, 1.807) is 0 Å². The van der Waals surface area contributed by atoms with Crippen molar-refractivity contribution in [1.82, 2.24) is 0 Å². The van der Waals surface area contributed by atoms with E-state index in [1.165, 1.54) is 0 Å². The molecule has 0 N–H and O–H groups in total. The second-order valence-electron chi connectivity index (χ2n) is 4.76. The number of fused-ring (bicyclic) bond motifs is 1. The van der Waals surface area contributed by atoms with Crippen LogP contribution in [0.4, 0.5) is 35.1 Å². The molecule has 0 unspecified atom stereocenters. The smallest absolute Gasteiger partial charge is 0.276 e. The van der Waals surface area contributed by atoms with Crippen molar-refractivity contribution in [3.63, 3.8) is 0 Å². The summed E-state index contributed by atoms with van der Waals surface area (Å²) in [5, 5.41) is -3.78. The molecule has 1 aliphatic carbocycles. The van der Waals surface area contributed by atoms with Crippen LogP contribution in [-0.2, 0) is 11.8 Å². The molecule has 0 heterocycles. The quantitative estimate of drug-likeness (QED) is 0.522. The van der Waals surface area contributed by atoms with E-state index in [2.05, 4.69) is 0 Å². The van der Waals surface area contributed by atoms with Crippen LogP contribution in [0.5, 0.6) is 0 Å². The number of rotatable bonds is 2. The minimum atomic E-state index is -6.58. The first kappa shape index (κ1) is 18.9. The van der Waals surface area contributed by atoms with Gasteiger partial charge in [-0.3, -0.25) is 9.59 Å². The van der Waals surface area contributed by atoms with E-state index in [9.17, 15) is 44.7 Å². The third-order valence-electron chi connectivity index (χ3n) is 3.44. The summed E-state index contributed by atoms with van der Waals surface area (Å²) in [5.41, 5.74) is -8.08. The van der Waals surface area contributed by atoms with Crippen molar-refractivity contribution in [2.45, 2.75) is 23.7 Å². The fourth-order valence-corrected chi connectivity index (χ4v) is 2.61. The monoisotopic (exact) mass is 400 g/mol. The second kappa shape index (κ2) is 5.04. The molecule has 132 valence electrons. The van der Waals surface area contributed by atoms with Crippen molar-refractivity contribution in [1.29, 1.82) is 0 Å². The maximum absolute atomic E-state index is 13.9. The van der Waals surface area contributed by atoms with E-state index < -0.39 is 56.4 Å². The van der Waals surface area contributed by atoms with Gasteiger partial charge in [-0.1, -0.05) is 0 Å². The van der Waals surface area contributed by atoms with Gasteiger partial charge in [-0.15, -0.1) is 0 Å². The van der Waals surface area contributed by atoms with Gasteiger partial charge in [0.1, 0.15) is 0 Å². The van der Waals surface area contributed by atoms with Crippen molar-refractivity contribution in [2.24, 2.45) is 0 Å². The van der Waals surface area contributed by atoms with E-state index in [1.807, 2.05) is 0 Å². The molecule has 1 aliphatic rings. The first-order valence-corrected chi connectivity index (χ1v) is 6.46. The molecule has 0 aromatic heterocycles. The zero-order chi connectivity index (χ0) is 18.9. The Balaban J connectivity index is 3.14. The lowest BCUT2D eigenvalue weighted by Crippen LogP contribution is -2.64. The summed E-state index contributed by atoms with van der Waals surface area (Å²) in [4.78, 5) is 22.2. The van der Waals surface area contributed by atoms with Crippen LogP contribution in [0.3, 0.4) is 0 Å². The minimum absolute atomic E-state index is 0.243. The van der Waals surface area contributed by atoms with Gasteiger partial charge in [0.25, 0.3) is 10.5 Å². The van der Waals surface area contributed by atoms with Crippen LogP contribution < -0.4 is 0 Å². The Morgan fingerprint density at radius 1 is 0.667 bits per heavy atom. The van der Waals surface area contributed by atoms with Crippen molar-refractivity contribution in [3.8, 4) is 0 Å². The number of halogens is 10. The largest absolute Gasteiger partial charge is 0.382 e. The lowest BCUT2D eigenvalue weighted by molar-refractivity contribution is -0.386. The molecule has 0 spiro atoms. The third kappa shape index (κ3) is 2.01. The summed E-state index contributed by atoms with van der Waals surface area (Å²) in [6, 6.07) is 0.487. The van der Waals surface area contributed by atoms with Crippen LogP contribution in [-0.4, -0.2) is 22.3 Å². The van der Waals surface area contributed by atoms with Gasteiger partial charge in [0.2, 0.25) is 0 Å². The number of hydrogen-bond donors (Lipinski definition) is 0. The number of hydrogen-bond acceptors (Lipinski definition) is 2. The molecule has 0 radical (unpaired) electrons. The standard InChI is InChI=1S/C12H2Cl2F8O2/c13-7(23)3-1-2-4(8(14)24)6-5(3)9(15,16)11(19,20)12(21,22)10(6,17)18/h1-2H. The van der Waals surface area contributed by atoms with Gasteiger partial charge in [-0.25, -0.2) is 0 Å². The molecule has 0 amide bonds. The number of carbonyl (C=O) groups excluding carboxylic acids is 2. The second-order valence-corrected chi connectivity index (χ2v) is 5.44. The highest BCUT2D eigenvalue weighted by Gasteiger charge is 2.86. The maximum atomic E-state index is 13.9. The van der Waals surface area contributed by atoms with Gasteiger partial charge in [-0.2, -0.15) is 35.1 Å². The Bertz CT molecular complexity index is 697. The summed E-state index contributed by atoms with van der Waals surface area (Å²) in [7, 11) is 0. The van der Waals surface area contributed by atoms with E-state index in [-0.39, 0.29) is 12.1 Å². The summed E-state index contributed by atoms with van der Waals surface area (Å²) < 4.78 is 110. The molecule has 1 aromatic rings. The van der Waals surface area contributed by atoms with E-state index in [0.717, 1.165) is 0 Å². The molecular formula is C12H2Cl2F8O2. The van der Waals surface area contributed by atoms with Gasteiger partial charge in [0.05, 0.1) is 0 Å². The summed E-state index contributed by atoms with van der Waals surface area (Å²) >= 11 is 9.78. The molecule has 24 heavy (non-hydrogen) atoms. The fraction of sp³-hybridized carbons (Fsp3) is 0.333. The molecule has 2 nitrogen and oxygen atoms in total. The molecule has 0 aliphatic heterocycles. The highest BCUT2D eigenvalue weighted by atomic mass is 35.5. The Labute approximate surface area is 137 Å². The Morgan fingerprint density at radius 2 is 0.917 bits per heavy atom. The molecular weight excluding hydrogens is 399 g/mol. The first-order valence-electron chi connectivity index (χ1n) is 5.71. The van der Waals surface area contributed by atoms with Crippen molar-refractivity contribution < 1.29 is 44.7 Å². The Morgan fingerprint density at radius 3 is 1.12 bits per heavy atom. The molecule has 0 bridgehead atoms. The molecule has 1 aromatic carbocycles. The van der Waals surface area contributed by atoms with Crippen LogP contribution >= 0.6 is 23.2 Å². The number of carbonyl (C=O) groups is 2. The third-order valence-corrected chi connectivity index (χ3v) is 3.85. The van der Waals surface area contributed by atoms with Crippen LogP contribution in [0.1, 0.15) is 31.8 Å². The predicted molar refractivity (Wildman–Crippen MR) is 64.5 cm³/mol. The van der Waals surface area contributed by atoms with Gasteiger partial charge in [-0.05, 0) is 35.3 Å². The van der Waals surface area contributed by atoms with E-state index >= 15 is 0 Å². The summed E-state index contributed by atoms with van der Waals surface area (Å²) in [6.45, 7) is 0. The highest BCUT2D eigenvalue weighted by Crippen LogP contribution is 2.65. The Hall–Kier alpha value is -1.42. The molecule has 0 atom stereocenters. The van der Waals surface area contributed by atoms with Crippen LogP contribution in [0.25, 0.3) is 0 Å². The van der Waals surface area contributed by atoms with E-state index in [0.29, 0.717) is 0 Å². The van der Waals surface area contributed by atoms with Crippen molar-refractivity contribution >= 4 is 33.7 Å². The van der Waals surface area contributed by atoms with Gasteiger partial charge in [0.15, 0.2) is 0 Å². The zero-order valence-corrected chi connectivity index (χ0v) is 12.3. The predicted octanol–water partition coefficient (Wildman–Crippen LogP) is 4.91. The van der Waals surface area contributed by atoms with Crippen LogP contribution in [0, 0.1) is 0 Å². The lowest BCUT2D eigenvalue weighted by Gasteiger charge is -2.43. The van der Waals surface area contributed by atoms with Crippen molar-refractivity contribution in [2.75, 3.05) is 0 Å². The van der Waals surface area contributed by atoms with Gasteiger partial charge >= 0.3 is 23.7 Å². The summed E-state index contributed by atoms with van der Waals surface area (Å²) in [5.74, 6) is -25.0. The van der Waals surface area contributed by atoms with Gasteiger partial charge < -0.3 is 0 Å². The topological polar surface area (TPSA) is 34.1 Å². The lowest BCUT2D eigenvalue weighted by atomic mass is 9.76. The average molecular weight is 401 g/mol. The number of benzene rings is 1. The normalized spacial score (nSPS) is 22.6. The van der Waals surface area contributed by atoms with Crippen LogP contribution in [0.15, 0.2) is 12.1 Å². The minimum Gasteiger partial charge on any atom is -0.276 e. The fourth-order valence-electron chi connectivity index (χ4n) is 2.29. The molecule has 0 fully saturated rings. The molecule has 0 saturated carbocycles. The zero-order valence-electron chi connectivity index (χ0n) is 10.8. The molecule has 12 heteroatoms. The van der Waals surface area contributed by atoms with Crippen molar-refractivity contribution in [3.05, 3.63) is 34.4 Å². The highest BCUT2D eigenvalue weighted by molar-refractivity contribution is 6.69.